The number of sulfonamides is 1. The van der Waals surface area contributed by atoms with Gasteiger partial charge in [-0.15, -0.1) is 0 Å². The molecule has 4 rings (SSSR count). The Morgan fingerprint density at radius 1 is 1.05 bits per heavy atom. The molecule has 0 aliphatic carbocycles. The maximum Gasteiger partial charge on any atom is 0.374 e. The molecule has 2 heterocycles. The van der Waals surface area contributed by atoms with Gasteiger partial charge in [-0.05, 0) is 69.2 Å². The van der Waals surface area contributed by atoms with Crippen LogP contribution in [0.25, 0.3) is 17.2 Å². The van der Waals surface area contributed by atoms with Crippen LogP contribution in [-0.4, -0.2) is 33.7 Å². The first kappa shape index (κ1) is 27.0. The van der Waals surface area contributed by atoms with Crippen LogP contribution in [0.1, 0.15) is 30.9 Å². The third-order valence-corrected chi connectivity index (χ3v) is 7.54. The zero-order valence-corrected chi connectivity index (χ0v) is 23.6. The lowest BCUT2D eigenvalue weighted by Gasteiger charge is -2.23. The molecular weight excluding hydrogens is 535 g/mol. The fraction of sp³-hybridized carbons (Fsp3) is 0.308. The van der Waals surface area contributed by atoms with E-state index >= 15 is 0 Å². The number of nitrogens with zero attached hydrogens (tertiary/aromatic N) is 3. The summed E-state index contributed by atoms with van der Waals surface area (Å²) < 4.78 is 33.5. The van der Waals surface area contributed by atoms with Gasteiger partial charge >= 0.3 is 5.89 Å². The van der Waals surface area contributed by atoms with E-state index in [1.54, 1.807) is 17.0 Å². The zero-order chi connectivity index (χ0) is 27.1. The Bertz CT molecular complexity index is 1560. The number of nitrogens with one attached hydrogen (secondary N) is 1. The summed E-state index contributed by atoms with van der Waals surface area (Å²) in [6, 6.07) is 7.57. The van der Waals surface area contributed by atoms with Crippen LogP contribution in [0, 0.1) is 13.8 Å². The summed E-state index contributed by atoms with van der Waals surface area (Å²) in [6.07, 6.45) is 6.50. The number of anilines is 2. The molecule has 8 nitrogen and oxygen atoms in total. The van der Waals surface area contributed by atoms with Crippen LogP contribution in [-0.2, 0) is 21.4 Å². The number of fused-ring (bicyclic) bond motifs is 2. The van der Waals surface area contributed by atoms with E-state index in [0.717, 1.165) is 35.2 Å². The minimum absolute atomic E-state index is 0.230. The Labute approximate surface area is 226 Å². The molecule has 0 atom stereocenters. The molecule has 37 heavy (non-hydrogen) atoms. The highest BCUT2D eigenvalue weighted by Crippen LogP contribution is 2.45. The van der Waals surface area contributed by atoms with Gasteiger partial charge in [0.1, 0.15) is 18.9 Å². The number of oxazole rings is 1. The molecule has 0 radical (unpaired) electrons. The van der Waals surface area contributed by atoms with E-state index in [2.05, 4.69) is 31.4 Å². The molecule has 1 aliphatic heterocycles. The van der Waals surface area contributed by atoms with E-state index in [1.807, 2.05) is 40.8 Å². The van der Waals surface area contributed by atoms with Crippen molar-refractivity contribution >= 4 is 67.7 Å². The first-order valence-corrected chi connectivity index (χ1v) is 14.4. The Balaban J connectivity index is 1.76. The predicted octanol–water partition coefficient (Wildman–Crippen LogP) is 4.94. The third-order valence-electron chi connectivity index (χ3n) is 6.22. The average Bonchev–Trinajstić information content (AvgIpc) is 3.27. The van der Waals surface area contributed by atoms with Crippen LogP contribution in [0.5, 0.6) is 0 Å². The van der Waals surface area contributed by atoms with Crippen LogP contribution in [0.15, 0.2) is 46.7 Å². The molecule has 0 saturated carbocycles. The summed E-state index contributed by atoms with van der Waals surface area (Å²) in [5.74, 6) is 0.686. The van der Waals surface area contributed by atoms with E-state index in [9.17, 15) is 13.2 Å². The first-order chi connectivity index (χ1) is 17.4. The van der Waals surface area contributed by atoms with Crippen molar-refractivity contribution in [2.75, 3.05) is 29.1 Å². The van der Waals surface area contributed by atoms with E-state index in [4.69, 9.17) is 27.6 Å². The standard InChI is InChI=1S/C26H28Cl2N4O4S/c1-6-30-20-13-18(27)19(28)14-21(20)32(15-24(33)29-37(5,34)35)25(30)9-8-10-26-31(7-2)22-11-16(3)17(4)12-23(22)36-26/h8-14H,6-7,15H2,1-5H3/p+1. The van der Waals surface area contributed by atoms with Gasteiger partial charge in [0.05, 0.1) is 33.8 Å². The highest BCUT2D eigenvalue weighted by atomic mass is 35.5. The molecule has 3 aromatic rings. The largest absolute Gasteiger partial charge is 0.398 e. The molecule has 0 fully saturated rings. The lowest BCUT2D eigenvalue weighted by Crippen LogP contribution is -2.40. The van der Waals surface area contributed by atoms with Crippen molar-refractivity contribution < 1.29 is 22.2 Å². The highest BCUT2D eigenvalue weighted by molar-refractivity contribution is 7.89. The minimum Gasteiger partial charge on any atom is -0.398 e. The van der Waals surface area contributed by atoms with Gasteiger partial charge in [0.15, 0.2) is 0 Å². The highest BCUT2D eigenvalue weighted by Gasteiger charge is 2.33. The predicted molar refractivity (Wildman–Crippen MR) is 148 cm³/mol. The second kappa shape index (κ2) is 10.4. The lowest BCUT2D eigenvalue weighted by molar-refractivity contribution is -0.674. The van der Waals surface area contributed by atoms with Crippen LogP contribution in [0.4, 0.5) is 11.4 Å². The van der Waals surface area contributed by atoms with Gasteiger partial charge in [-0.25, -0.2) is 8.42 Å². The monoisotopic (exact) mass is 563 g/mol. The lowest BCUT2D eigenvalue weighted by atomic mass is 10.1. The fourth-order valence-corrected chi connectivity index (χ4v) is 5.23. The fourth-order valence-electron chi connectivity index (χ4n) is 4.43. The molecular formula is C26H29Cl2N4O4S+. The average molecular weight is 565 g/mol. The number of allylic oxidation sites excluding steroid dienone is 2. The first-order valence-electron chi connectivity index (χ1n) is 11.8. The number of aryl methyl sites for hydroxylation is 3. The van der Waals surface area contributed by atoms with Crippen LogP contribution >= 0.6 is 23.2 Å². The van der Waals surface area contributed by atoms with Crippen molar-refractivity contribution in [3.63, 3.8) is 0 Å². The number of amides is 1. The zero-order valence-electron chi connectivity index (χ0n) is 21.3. The Hall–Kier alpha value is -3.01. The molecule has 1 aliphatic rings. The van der Waals surface area contributed by atoms with Crippen molar-refractivity contribution in [3.05, 3.63) is 69.3 Å². The summed E-state index contributed by atoms with van der Waals surface area (Å²) in [4.78, 5) is 16.3. The maximum atomic E-state index is 12.6. The molecule has 0 unspecified atom stereocenters. The molecule has 0 bridgehead atoms. The summed E-state index contributed by atoms with van der Waals surface area (Å²) in [5, 5.41) is 0.715. The van der Waals surface area contributed by atoms with Crippen molar-refractivity contribution in [2.45, 2.75) is 34.2 Å². The van der Waals surface area contributed by atoms with E-state index in [-0.39, 0.29) is 6.54 Å². The van der Waals surface area contributed by atoms with Gasteiger partial charge in [0.2, 0.25) is 15.6 Å². The number of carbonyl (C=O) groups is 1. The van der Waals surface area contributed by atoms with Gasteiger partial charge in [-0.3, -0.25) is 9.52 Å². The molecule has 1 amide bonds. The number of benzene rings is 2. The van der Waals surface area contributed by atoms with Crippen molar-refractivity contribution in [1.29, 1.82) is 0 Å². The van der Waals surface area contributed by atoms with Gasteiger partial charge < -0.3 is 14.2 Å². The maximum absolute atomic E-state index is 12.6. The number of aromatic nitrogens is 1. The molecule has 0 spiro atoms. The molecule has 196 valence electrons. The second-order valence-electron chi connectivity index (χ2n) is 8.86. The summed E-state index contributed by atoms with van der Waals surface area (Å²) >= 11 is 12.6. The van der Waals surface area contributed by atoms with Crippen molar-refractivity contribution in [3.8, 4) is 0 Å². The molecule has 2 aromatic carbocycles. The van der Waals surface area contributed by atoms with E-state index in [1.165, 1.54) is 5.56 Å². The number of hydrogen-bond acceptors (Lipinski definition) is 6. The smallest absolute Gasteiger partial charge is 0.374 e. The number of carbonyl (C=O) groups excluding carboxylic acids is 1. The molecule has 1 N–H and O–H groups in total. The number of hydrogen-bond donors (Lipinski definition) is 1. The van der Waals surface area contributed by atoms with Gasteiger partial charge in [-0.2, -0.15) is 4.57 Å². The molecule has 11 heteroatoms. The van der Waals surface area contributed by atoms with Gasteiger partial charge in [0.25, 0.3) is 11.4 Å². The van der Waals surface area contributed by atoms with Gasteiger partial charge in [0, 0.05) is 12.6 Å². The topological polar surface area (TPSA) is 86.7 Å². The van der Waals surface area contributed by atoms with Crippen molar-refractivity contribution in [1.82, 2.24) is 4.72 Å². The van der Waals surface area contributed by atoms with Crippen LogP contribution < -0.4 is 19.1 Å². The number of rotatable bonds is 7. The second-order valence-corrected chi connectivity index (χ2v) is 11.4. The van der Waals surface area contributed by atoms with E-state index in [0.29, 0.717) is 34.0 Å². The third kappa shape index (κ3) is 5.49. The van der Waals surface area contributed by atoms with Crippen molar-refractivity contribution in [2.24, 2.45) is 0 Å². The van der Waals surface area contributed by atoms with Crippen LogP contribution in [0.3, 0.4) is 0 Å². The minimum atomic E-state index is -3.71. The van der Waals surface area contributed by atoms with Gasteiger partial charge in [-0.1, -0.05) is 23.2 Å². The summed E-state index contributed by atoms with van der Waals surface area (Å²) in [7, 11) is -3.71. The number of halogens is 2. The SMILES string of the molecule is CCN1/C(=C/C=C/c2oc3cc(C)c(C)cc3[n+]2CC)N(CC(=O)NS(C)(=O)=O)c2cc(Cl)c(Cl)cc21. The van der Waals surface area contributed by atoms with Crippen LogP contribution in [0.2, 0.25) is 10.0 Å². The molecule has 1 aromatic heterocycles. The normalized spacial score (nSPS) is 14.8. The Kier molecular flexibility index (Phi) is 7.60. The quantitative estimate of drug-likeness (QED) is 0.409. The molecule has 0 saturated heterocycles. The summed E-state index contributed by atoms with van der Waals surface area (Å²) in [6.45, 7) is 9.23. The van der Waals surface area contributed by atoms with E-state index < -0.39 is 15.9 Å². The Morgan fingerprint density at radius 2 is 1.68 bits per heavy atom. The summed E-state index contributed by atoms with van der Waals surface area (Å²) in [5.41, 5.74) is 5.59. The Morgan fingerprint density at radius 3 is 2.27 bits per heavy atom.